The molecule has 234 valence electrons. The second-order valence-corrected chi connectivity index (χ2v) is 14.7. The van der Waals surface area contributed by atoms with E-state index in [9.17, 15) is 0 Å². The van der Waals surface area contributed by atoms with Crippen LogP contribution in [0.5, 0.6) is 0 Å². The molecule has 3 heterocycles. The second kappa shape index (κ2) is 13.5. The number of nitrogens with two attached hydrogens (primary N) is 1. The Hall–Kier alpha value is -3.09. The number of benzene rings is 2. The average Bonchev–Trinajstić information content (AvgIpc) is 3.67. The third-order valence-electron chi connectivity index (χ3n) is 10.4. The highest BCUT2D eigenvalue weighted by molar-refractivity contribution is 7.10. The first-order valence-corrected chi connectivity index (χ1v) is 17.6. The number of anilines is 2. The van der Waals surface area contributed by atoms with Gasteiger partial charge in [-0.3, -0.25) is 0 Å². The Morgan fingerprint density at radius 3 is 2.39 bits per heavy atom. The first-order chi connectivity index (χ1) is 21.3. The lowest BCUT2D eigenvalue weighted by Crippen LogP contribution is -2.43. The average molecular weight is 611 g/mol. The molecule has 5 nitrogen and oxygen atoms in total. The van der Waals surface area contributed by atoms with Crippen molar-refractivity contribution >= 4 is 22.9 Å². The summed E-state index contributed by atoms with van der Waals surface area (Å²) in [6.07, 6.45) is 9.00. The summed E-state index contributed by atoms with van der Waals surface area (Å²) >= 11 is 1.82. The molecule has 0 radical (unpaired) electrons. The highest BCUT2D eigenvalue weighted by atomic mass is 32.1. The topological polar surface area (TPSA) is 58.5 Å². The minimum atomic E-state index is -0.265. The van der Waals surface area contributed by atoms with E-state index in [1.54, 1.807) is 0 Å². The number of rotatable bonds is 10. The van der Waals surface area contributed by atoms with Crippen LogP contribution in [-0.2, 0) is 12.0 Å². The Morgan fingerprint density at radius 2 is 1.73 bits per heavy atom. The van der Waals surface area contributed by atoms with Gasteiger partial charge in [-0.25, -0.2) is 4.98 Å². The number of thiophene rings is 1. The molecule has 4 aromatic rings. The number of aryl methyl sites for hydroxylation is 1. The Balaban J connectivity index is 1.27. The van der Waals surface area contributed by atoms with Gasteiger partial charge in [0.05, 0.1) is 5.54 Å². The van der Waals surface area contributed by atoms with Crippen LogP contribution in [0.4, 0.5) is 11.6 Å². The largest absolute Gasteiger partial charge is 0.423 e. The molecule has 2 aromatic carbocycles. The van der Waals surface area contributed by atoms with Gasteiger partial charge in [-0.1, -0.05) is 68.3 Å². The van der Waals surface area contributed by atoms with Crippen molar-refractivity contribution in [2.24, 2.45) is 23.5 Å². The summed E-state index contributed by atoms with van der Waals surface area (Å²) in [5.74, 6) is 3.61. The molecule has 2 fully saturated rings. The van der Waals surface area contributed by atoms with E-state index in [-0.39, 0.29) is 11.6 Å². The van der Waals surface area contributed by atoms with E-state index in [0.29, 0.717) is 17.8 Å². The number of hydrogen-bond acceptors (Lipinski definition) is 6. The highest BCUT2D eigenvalue weighted by Crippen LogP contribution is 2.45. The van der Waals surface area contributed by atoms with Crippen LogP contribution < -0.4 is 15.5 Å². The monoisotopic (exact) mass is 610 g/mol. The van der Waals surface area contributed by atoms with E-state index >= 15 is 0 Å². The maximum absolute atomic E-state index is 7.06. The summed E-state index contributed by atoms with van der Waals surface area (Å²) in [7, 11) is 2.21. The molecule has 0 spiro atoms. The molecule has 1 aliphatic carbocycles. The SMILES string of the molecule is Cc1ccsc1C(C)(N)C1CCC(CC(c2nc(Cc3ccccc3)c(N3CCCC(C)C3)o2)N(C)c2ccccc2)CC1. The van der Waals surface area contributed by atoms with Crippen LogP contribution >= 0.6 is 11.3 Å². The van der Waals surface area contributed by atoms with Crippen LogP contribution in [0.3, 0.4) is 0 Å². The first kappa shape index (κ1) is 30.9. The maximum Gasteiger partial charge on any atom is 0.220 e. The molecule has 2 aromatic heterocycles. The van der Waals surface area contributed by atoms with Crippen molar-refractivity contribution in [1.82, 2.24) is 4.98 Å². The van der Waals surface area contributed by atoms with Crippen LogP contribution in [0.1, 0.15) is 92.4 Å². The van der Waals surface area contributed by atoms with Crippen LogP contribution in [0.15, 0.2) is 76.5 Å². The van der Waals surface area contributed by atoms with Gasteiger partial charge < -0.3 is 20.0 Å². The predicted octanol–water partition coefficient (Wildman–Crippen LogP) is 9.12. The summed E-state index contributed by atoms with van der Waals surface area (Å²) in [4.78, 5) is 11.6. The summed E-state index contributed by atoms with van der Waals surface area (Å²) in [6.45, 7) is 8.88. The number of para-hydroxylation sites is 1. The molecule has 3 atom stereocenters. The van der Waals surface area contributed by atoms with E-state index in [0.717, 1.165) is 43.4 Å². The van der Waals surface area contributed by atoms with Crippen molar-refractivity contribution in [3.8, 4) is 0 Å². The smallest absolute Gasteiger partial charge is 0.220 e. The van der Waals surface area contributed by atoms with Gasteiger partial charge in [-0.15, -0.1) is 11.3 Å². The van der Waals surface area contributed by atoms with Crippen LogP contribution in [0, 0.1) is 24.7 Å². The van der Waals surface area contributed by atoms with Gasteiger partial charge in [-0.2, -0.15) is 0 Å². The van der Waals surface area contributed by atoms with Crippen molar-refractivity contribution < 1.29 is 4.42 Å². The highest BCUT2D eigenvalue weighted by Gasteiger charge is 2.38. The molecule has 2 aliphatic rings. The van der Waals surface area contributed by atoms with Gasteiger partial charge >= 0.3 is 0 Å². The van der Waals surface area contributed by atoms with Crippen LogP contribution in [0.2, 0.25) is 0 Å². The Labute approximate surface area is 268 Å². The molecule has 6 heteroatoms. The third kappa shape index (κ3) is 6.77. The van der Waals surface area contributed by atoms with E-state index in [2.05, 4.69) is 110 Å². The lowest BCUT2D eigenvalue weighted by molar-refractivity contribution is 0.175. The minimum absolute atomic E-state index is 0.0632. The Morgan fingerprint density at radius 1 is 1.02 bits per heavy atom. The van der Waals surface area contributed by atoms with Gasteiger partial charge in [0.2, 0.25) is 11.8 Å². The van der Waals surface area contributed by atoms with Crippen molar-refractivity contribution in [3.63, 3.8) is 0 Å². The standard InChI is InChI=1S/C38H50N4OS/c1-27-12-11-22-42(26-27)37-33(24-29-13-7-5-8-14-29)40-36(43-37)34(41(4)32-15-9-6-10-16-32)25-30-17-19-31(20-18-30)38(3,39)35-28(2)21-23-44-35/h5-10,13-16,21,23,27,30-31,34H,11-12,17-20,22,24-26,39H2,1-4H3. The fourth-order valence-electron chi connectivity index (χ4n) is 7.72. The quantitative estimate of drug-likeness (QED) is 0.194. The van der Waals surface area contributed by atoms with E-state index in [1.807, 2.05) is 11.3 Å². The van der Waals surface area contributed by atoms with E-state index in [1.165, 1.54) is 60.2 Å². The zero-order valence-corrected chi connectivity index (χ0v) is 27.9. The van der Waals surface area contributed by atoms with Gasteiger partial charge in [0.25, 0.3) is 0 Å². The molecule has 1 aliphatic heterocycles. The predicted molar refractivity (Wildman–Crippen MR) is 185 cm³/mol. The number of piperidine rings is 1. The summed E-state index contributed by atoms with van der Waals surface area (Å²) in [6, 6.07) is 23.7. The number of aromatic nitrogens is 1. The molecule has 1 saturated carbocycles. The first-order valence-electron chi connectivity index (χ1n) is 16.7. The zero-order valence-electron chi connectivity index (χ0n) is 27.0. The molecule has 0 amide bonds. The van der Waals surface area contributed by atoms with Crippen molar-refractivity contribution in [2.75, 3.05) is 29.9 Å². The molecule has 1 saturated heterocycles. The van der Waals surface area contributed by atoms with Gasteiger partial charge in [0.1, 0.15) is 11.7 Å². The number of oxazole rings is 1. The normalized spacial score (nSPS) is 22.8. The Kier molecular flexibility index (Phi) is 9.48. The lowest BCUT2D eigenvalue weighted by atomic mass is 9.70. The van der Waals surface area contributed by atoms with Crippen LogP contribution in [0.25, 0.3) is 0 Å². The molecular formula is C38H50N4OS. The molecule has 0 bridgehead atoms. The lowest BCUT2D eigenvalue weighted by Gasteiger charge is -2.40. The van der Waals surface area contributed by atoms with E-state index in [4.69, 9.17) is 15.1 Å². The second-order valence-electron chi connectivity index (χ2n) is 13.8. The van der Waals surface area contributed by atoms with Crippen molar-refractivity contribution in [1.29, 1.82) is 0 Å². The van der Waals surface area contributed by atoms with Crippen LogP contribution in [-0.4, -0.2) is 25.1 Å². The number of hydrogen-bond donors (Lipinski definition) is 1. The number of nitrogens with zero attached hydrogens (tertiary/aromatic N) is 3. The zero-order chi connectivity index (χ0) is 30.7. The molecular weight excluding hydrogens is 561 g/mol. The fraction of sp³-hybridized carbons (Fsp3) is 0.500. The summed E-state index contributed by atoms with van der Waals surface area (Å²) in [5.41, 5.74) is 11.7. The maximum atomic E-state index is 7.06. The fourth-order valence-corrected chi connectivity index (χ4v) is 8.80. The third-order valence-corrected chi connectivity index (χ3v) is 11.6. The minimum Gasteiger partial charge on any atom is -0.423 e. The molecule has 3 unspecified atom stereocenters. The van der Waals surface area contributed by atoms with Gasteiger partial charge in [0.15, 0.2) is 0 Å². The van der Waals surface area contributed by atoms with Crippen molar-refractivity contribution in [3.05, 3.63) is 99.7 Å². The summed E-state index contributed by atoms with van der Waals surface area (Å²) in [5, 5.41) is 2.19. The Bertz CT molecular complexity index is 1470. The van der Waals surface area contributed by atoms with Crippen molar-refractivity contribution in [2.45, 2.75) is 83.7 Å². The molecule has 2 N–H and O–H groups in total. The molecule has 6 rings (SSSR count). The van der Waals surface area contributed by atoms with E-state index < -0.39 is 0 Å². The molecule has 44 heavy (non-hydrogen) atoms. The van der Waals surface area contributed by atoms with Gasteiger partial charge in [0, 0.05) is 37.1 Å². The van der Waals surface area contributed by atoms with Gasteiger partial charge in [-0.05, 0) is 98.4 Å². The summed E-state index contributed by atoms with van der Waals surface area (Å²) < 4.78 is 6.91.